The second-order valence-corrected chi connectivity index (χ2v) is 12.1. The lowest BCUT2D eigenvalue weighted by molar-refractivity contribution is -0.122. The highest BCUT2D eigenvalue weighted by Crippen LogP contribution is 2.26. The number of anilines is 3. The number of sulfonamides is 1. The van der Waals surface area contributed by atoms with Gasteiger partial charge in [0, 0.05) is 23.0 Å². The average Bonchev–Trinajstić information content (AvgIpc) is 3.00. The topological polar surface area (TPSA) is 134 Å². The minimum absolute atomic E-state index is 0.223. The molecule has 2 heterocycles. The van der Waals surface area contributed by atoms with Crippen LogP contribution in [0.3, 0.4) is 0 Å². The molecular formula is C32H37N5O5S. The van der Waals surface area contributed by atoms with E-state index in [1.54, 1.807) is 48.5 Å². The van der Waals surface area contributed by atoms with Crippen LogP contribution in [0.4, 0.5) is 17.2 Å². The number of aryl methyl sites for hydroxylation is 1. The summed E-state index contributed by atoms with van der Waals surface area (Å²) in [6.45, 7) is 4.76. The molecule has 11 heteroatoms. The smallest absolute Gasteiger partial charge is 0.290 e. The normalized spacial score (nSPS) is 13.8. The van der Waals surface area contributed by atoms with E-state index >= 15 is 0 Å². The number of hydrogen-bond donors (Lipinski definition) is 3. The molecule has 0 aliphatic carbocycles. The molecule has 0 spiro atoms. The molecule has 1 aliphatic heterocycles. The molecule has 3 aromatic carbocycles. The first kappa shape index (κ1) is 31.5. The van der Waals surface area contributed by atoms with Crippen LogP contribution in [0.15, 0.2) is 90.1 Å². The zero-order valence-corrected chi connectivity index (χ0v) is 25.1. The summed E-state index contributed by atoms with van der Waals surface area (Å²) >= 11 is 0. The van der Waals surface area contributed by atoms with Gasteiger partial charge in [0.05, 0.1) is 17.2 Å². The summed E-state index contributed by atoms with van der Waals surface area (Å²) in [5.74, 6) is 2.25. The molecule has 5 rings (SSSR count). The van der Waals surface area contributed by atoms with Crippen LogP contribution in [0.1, 0.15) is 24.8 Å². The van der Waals surface area contributed by atoms with Gasteiger partial charge in [-0.05, 0) is 113 Å². The number of benzene rings is 3. The maximum atomic E-state index is 12.7. The molecule has 1 aliphatic rings. The molecule has 0 bridgehead atoms. The Labute approximate surface area is 252 Å². The monoisotopic (exact) mass is 603 g/mol. The third kappa shape index (κ3) is 9.52. The summed E-state index contributed by atoms with van der Waals surface area (Å²) in [5.41, 5.74) is 4.01. The molecule has 4 aromatic rings. The van der Waals surface area contributed by atoms with E-state index in [4.69, 9.17) is 14.6 Å². The Morgan fingerprint density at radius 1 is 0.953 bits per heavy atom. The van der Waals surface area contributed by atoms with Gasteiger partial charge in [0.25, 0.3) is 16.5 Å². The van der Waals surface area contributed by atoms with Crippen molar-refractivity contribution in [1.82, 2.24) is 14.9 Å². The van der Waals surface area contributed by atoms with Crippen molar-refractivity contribution in [2.75, 3.05) is 36.8 Å². The lowest BCUT2D eigenvalue weighted by Gasteiger charge is -2.28. The quantitative estimate of drug-likeness (QED) is 0.192. The predicted octanol–water partition coefficient (Wildman–Crippen LogP) is 5.81. The summed E-state index contributed by atoms with van der Waals surface area (Å²) in [5, 5.41) is 10.1. The van der Waals surface area contributed by atoms with Crippen molar-refractivity contribution >= 4 is 33.7 Å². The summed E-state index contributed by atoms with van der Waals surface area (Å²) in [4.78, 5) is 19.7. The number of aromatic nitrogens is 2. The highest BCUT2D eigenvalue weighted by molar-refractivity contribution is 7.92. The highest BCUT2D eigenvalue weighted by atomic mass is 32.2. The van der Waals surface area contributed by atoms with Crippen LogP contribution in [0.5, 0.6) is 5.75 Å². The van der Waals surface area contributed by atoms with Crippen LogP contribution in [0.2, 0.25) is 0 Å². The maximum absolute atomic E-state index is 12.7. The first-order valence-electron chi connectivity index (χ1n) is 14.0. The van der Waals surface area contributed by atoms with Crippen LogP contribution in [-0.4, -0.2) is 61.6 Å². The van der Waals surface area contributed by atoms with E-state index < -0.39 is 10.0 Å². The van der Waals surface area contributed by atoms with Crippen LogP contribution < -0.4 is 14.8 Å². The molecule has 1 saturated heterocycles. The number of nitrogens with one attached hydrogen (secondary N) is 2. The van der Waals surface area contributed by atoms with Crippen molar-refractivity contribution in [3.63, 3.8) is 0 Å². The van der Waals surface area contributed by atoms with E-state index in [0.29, 0.717) is 11.5 Å². The molecule has 1 aromatic heterocycles. The summed E-state index contributed by atoms with van der Waals surface area (Å²) in [6.07, 6.45) is 5.11. The highest BCUT2D eigenvalue weighted by Gasteiger charge is 2.16. The van der Waals surface area contributed by atoms with Gasteiger partial charge in [0.1, 0.15) is 17.9 Å². The summed E-state index contributed by atoms with van der Waals surface area (Å²) in [7, 11) is -1.47. The van der Waals surface area contributed by atoms with Gasteiger partial charge < -0.3 is 20.1 Å². The Morgan fingerprint density at radius 2 is 1.58 bits per heavy atom. The minimum Gasteiger partial charge on any atom is -0.494 e. The van der Waals surface area contributed by atoms with Gasteiger partial charge in [0.2, 0.25) is 0 Å². The molecule has 43 heavy (non-hydrogen) atoms. The van der Waals surface area contributed by atoms with Crippen LogP contribution in [-0.2, 0) is 14.8 Å². The van der Waals surface area contributed by atoms with Gasteiger partial charge >= 0.3 is 0 Å². The van der Waals surface area contributed by atoms with E-state index in [1.807, 2.05) is 37.3 Å². The number of ether oxygens (including phenoxy) is 1. The maximum Gasteiger partial charge on any atom is 0.290 e. The molecule has 3 N–H and O–H groups in total. The number of piperidine rings is 1. The van der Waals surface area contributed by atoms with Gasteiger partial charge in [-0.3, -0.25) is 9.52 Å². The van der Waals surface area contributed by atoms with Gasteiger partial charge in [-0.15, -0.1) is 0 Å². The Bertz CT molecular complexity index is 1560. The number of rotatable bonds is 10. The molecule has 226 valence electrons. The van der Waals surface area contributed by atoms with Crippen LogP contribution in [0, 0.1) is 12.8 Å². The zero-order chi connectivity index (χ0) is 30.7. The summed E-state index contributed by atoms with van der Waals surface area (Å²) in [6, 6.07) is 23.6. The molecule has 0 unspecified atom stereocenters. The van der Waals surface area contributed by atoms with Crippen LogP contribution >= 0.6 is 0 Å². The van der Waals surface area contributed by atoms with Gasteiger partial charge in [-0.2, -0.15) is 0 Å². The molecular weight excluding hydrogens is 566 g/mol. The Hall–Kier alpha value is -4.48. The molecule has 0 radical (unpaired) electrons. The van der Waals surface area contributed by atoms with Crippen molar-refractivity contribution in [3.8, 4) is 17.0 Å². The second-order valence-electron chi connectivity index (χ2n) is 10.4. The second kappa shape index (κ2) is 15.1. The third-order valence-corrected chi connectivity index (χ3v) is 8.59. The van der Waals surface area contributed by atoms with Gasteiger partial charge in [0.15, 0.2) is 0 Å². The van der Waals surface area contributed by atoms with Crippen molar-refractivity contribution in [2.24, 2.45) is 5.92 Å². The third-order valence-electron chi connectivity index (χ3n) is 7.19. The van der Waals surface area contributed by atoms with Crippen molar-refractivity contribution in [2.45, 2.75) is 31.1 Å². The first-order valence-corrected chi connectivity index (χ1v) is 15.5. The lowest BCUT2D eigenvalue weighted by Crippen LogP contribution is -2.30. The summed E-state index contributed by atoms with van der Waals surface area (Å²) < 4.78 is 33.9. The molecule has 10 nitrogen and oxygen atoms in total. The number of carboxylic acid groups (broad SMARTS) is 1. The van der Waals surface area contributed by atoms with Crippen molar-refractivity contribution < 1.29 is 23.1 Å². The predicted molar refractivity (Wildman–Crippen MR) is 168 cm³/mol. The van der Waals surface area contributed by atoms with E-state index in [-0.39, 0.29) is 11.4 Å². The van der Waals surface area contributed by atoms with E-state index in [1.165, 1.54) is 32.3 Å². The minimum atomic E-state index is -3.66. The van der Waals surface area contributed by atoms with Gasteiger partial charge in [-0.25, -0.2) is 18.4 Å². The number of carbonyl (C=O) groups is 1. The van der Waals surface area contributed by atoms with E-state index in [9.17, 15) is 8.42 Å². The fourth-order valence-corrected chi connectivity index (χ4v) is 5.76. The molecule has 1 fully saturated rings. The van der Waals surface area contributed by atoms with E-state index in [0.717, 1.165) is 47.2 Å². The molecule has 0 amide bonds. The fourth-order valence-electron chi connectivity index (χ4n) is 4.70. The fraction of sp³-hybridized carbons (Fsp3) is 0.281. The molecule has 0 saturated carbocycles. The Kier molecular flexibility index (Phi) is 11.1. The average molecular weight is 604 g/mol. The first-order chi connectivity index (χ1) is 20.8. The molecule has 0 atom stereocenters. The van der Waals surface area contributed by atoms with Gasteiger partial charge in [-0.1, -0.05) is 17.7 Å². The zero-order valence-electron chi connectivity index (χ0n) is 24.3. The standard InChI is InChI=1S/C31H35N5O3S.CH2O2/c1-23-3-13-29(14-4-23)40(37,38)35-27-9-7-26(8-10-27)34-31-21-30(32-22-33-31)25-5-11-28(12-6-25)39-20-17-24-15-18-36(2)19-16-24;2-1-3/h3-14,21-22,24,35H,15-20H2,1-2H3,(H,32,33,34);1H,(H,2,3). The largest absolute Gasteiger partial charge is 0.494 e. The van der Waals surface area contributed by atoms with Crippen molar-refractivity contribution in [1.29, 1.82) is 0 Å². The Balaban J connectivity index is 0.00000135. The van der Waals surface area contributed by atoms with Crippen LogP contribution in [0.25, 0.3) is 11.3 Å². The van der Waals surface area contributed by atoms with Crippen molar-refractivity contribution in [3.05, 3.63) is 90.8 Å². The van der Waals surface area contributed by atoms with E-state index in [2.05, 4.69) is 32.0 Å². The SMILES string of the molecule is Cc1ccc(S(=O)(=O)Nc2ccc(Nc3cc(-c4ccc(OCCC5CCN(C)CC5)cc4)ncn3)cc2)cc1.O=CO. The number of nitrogens with zero attached hydrogens (tertiary/aromatic N) is 3. The number of likely N-dealkylation sites (tertiary alicyclic amines) is 1. The lowest BCUT2D eigenvalue weighted by atomic mass is 9.94. The number of hydrogen-bond acceptors (Lipinski definition) is 8. The Morgan fingerprint density at radius 3 is 2.23 bits per heavy atom.